The Morgan fingerprint density at radius 3 is 2.30 bits per heavy atom. The van der Waals surface area contributed by atoms with E-state index in [-0.39, 0.29) is 17.2 Å². The molecule has 0 atom stereocenters. The monoisotopic (exact) mass is 328 g/mol. The van der Waals surface area contributed by atoms with Gasteiger partial charge < -0.3 is 0 Å². The average molecular weight is 328 g/mol. The van der Waals surface area contributed by atoms with Crippen LogP contribution in [0.1, 0.15) is 41.6 Å². The highest BCUT2D eigenvalue weighted by atomic mass is 32.1. The molecule has 120 valence electrons. The Bertz CT molecular complexity index is 696. The van der Waals surface area contributed by atoms with E-state index >= 15 is 0 Å². The van der Waals surface area contributed by atoms with E-state index in [0.717, 1.165) is 10.4 Å². The van der Waals surface area contributed by atoms with Gasteiger partial charge in [0.2, 0.25) is 0 Å². The minimum absolute atomic E-state index is 0.0375. The molecule has 0 radical (unpaired) electrons. The van der Waals surface area contributed by atoms with Crippen molar-refractivity contribution in [1.29, 1.82) is 0 Å². The molecular weight excluding hydrogens is 308 g/mol. The Morgan fingerprint density at radius 2 is 1.74 bits per heavy atom. The highest BCUT2D eigenvalue weighted by molar-refractivity contribution is 7.10. The van der Waals surface area contributed by atoms with Gasteiger partial charge in [-0.2, -0.15) is 0 Å². The molecule has 0 saturated carbocycles. The van der Waals surface area contributed by atoms with E-state index in [1.54, 1.807) is 18.2 Å². The minimum atomic E-state index is -0.377. The predicted molar refractivity (Wildman–Crippen MR) is 94.1 cm³/mol. The van der Waals surface area contributed by atoms with Crippen LogP contribution in [0.25, 0.3) is 6.08 Å². The first kappa shape index (κ1) is 17.0. The van der Waals surface area contributed by atoms with Crippen LogP contribution >= 0.6 is 11.3 Å². The van der Waals surface area contributed by atoms with Gasteiger partial charge in [-0.15, -0.1) is 11.3 Å². The van der Waals surface area contributed by atoms with Crippen LogP contribution in [0.5, 0.6) is 0 Å². The van der Waals surface area contributed by atoms with E-state index in [9.17, 15) is 9.59 Å². The summed E-state index contributed by atoms with van der Waals surface area (Å²) in [7, 11) is 0. The van der Waals surface area contributed by atoms with Gasteiger partial charge >= 0.3 is 0 Å². The molecule has 0 spiro atoms. The van der Waals surface area contributed by atoms with Crippen molar-refractivity contribution in [2.75, 3.05) is 0 Å². The summed E-state index contributed by atoms with van der Waals surface area (Å²) in [5.41, 5.74) is 6.46. The first-order valence-corrected chi connectivity index (χ1v) is 8.17. The van der Waals surface area contributed by atoms with Crippen molar-refractivity contribution in [2.45, 2.75) is 26.2 Å². The minimum Gasteiger partial charge on any atom is -0.268 e. The van der Waals surface area contributed by atoms with E-state index in [2.05, 4.69) is 31.6 Å². The Hall–Kier alpha value is -2.40. The number of carbonyl (C=O) groups is 2. The van der Waals surface area contributed by atoms with Crippen molar-refractivity contribution in [1.82, 2.24) is 10.9 Å². The number of thiophene rings is 1. The fourth-order valence-corrected chi connectivity index (χ4v) is 2.52. The van der Waals surface area contributed by atoms with Crippen molar-refractivity contribution >= 4 is 29.2 Å². The maximum atomic E-state index is 12.0. The molecule has 23 heavy (non-hydrogen) atoms. The first-order valence-electron chi connectivity index (χ1n) is 7.29. The Kier molecular flexibility index (Phi) is 5.34. The fourth-order valence-electron chi connectivity index (χ4n) is 1.90. The normalized spacial score (nSPS) is 11.4. The lowest BCUT2D eigenvalue weighted by Crippen LogP contribution is -2.40. The van der Waals surface area contributed by atoms with Gasteiger partial charge in [0.05, 0.1) is 0 Å². The molecule has 1 aromatic carbocycles. The molecule has 0 aliphatic heterocycles. The van der Waals surface area contributed by atoms with Crippen LogP contribution in [0.15, 0.2) is 47.9 Å². The number of rotatable bonds is 3. The molecule has 0 aliphatic rings. The second-order valence-electron chi connectivity index (χ2n) is 6.12. The van der Waals surface area contributed by atoms with E-state index < -0.39 is 0 Å². The molecule has 5 heteroatoms. The lowest BCUT2D eigenvalue weighted by Gasteiger charge is -2.19. The first-order chi connectivity index (χ1) is 10.9. The summed E-state index contributed by atoms with van der Waals surface area (Å²) in [6.45, 7) is 6.34. The van der Waals surface area contributed by atoms with Crippen molar-refractivity contribution in [3.05, 3.63) is 63.9 Å². The standard InChI is InChI=1S/C18H20N2O2S/c1-18(2,3)14-8-6-13(7-9-14)17(22)20-19-16(21)11-10-15-5-4-12-23-15/h4-12H,1-3H3,(H,19,21)(H,20,22)/b11-10+. The number of nitrogens with one attached hydrogen (secondary N) is 2. The molecule has 0 fully saturated rings. The van der Waals surface area contributed by atoms with Gasteiger partial charge in [0, 0.05) is 16.5 Å². The molecule has 2 aromatic rings. The van der Waals surface area contributed by atoms with Crippen LogP contribution in [0, 0.1) is 0 Å². The van der Waals surface area contributed by atoms with Gasteiger partial charge in [-0.1, -0.05) is 39.0 Å². The van der Waals surface area contributed by atoms with Gasteiger partial charge in [-0.05, 0) is 40.6 Å². The zero-order chi connectivity index (χ0) is 16.9. The average Bonchev–Trinajstić information content (AvgIpc) is 3.03. The molecule has 2 amide bonds. The van der Waals surface area contributed by atoms with Crippen LogP contribution in [0.4, 0.5) is 0 Å². The summed E-state index contributed by atoms with van der Waals surface area (Å²) in [4.78, 5) is 24.6. The second kappa shape index (κ2) is 7.24. The van der Waals surface area contributed by atoms with Crippen molar-refractivity contribution in [3.8, 4) is 0 Å². The Labute approximate surface area is 140 Å². The lowest BCUT2D eigenvalue weighted by molar-refractivity contribution is -0.117. The van der Waals surface area contributed by atoms with Crippen LogP contribution in [0.2, 0.25) is 0 Å². The van der Waals surface area contributed by atoms with E-state index in [0.29, 0.717) is 5.56 Å². The van der Waals surface area contributed by atoms with Crippen LogP contribution < -0.4 is 10.9 Å². The predicted octanol–water partition coefficient (Wildman–Crippen LogP) is 3.52. The molecule has 1 aromatic heterocycles. The van der Waals surface area contributed by atoms with Crippen LogP contribution in [0.3, 0.4) is 0 Å². The number of carbonyl (C=O) groups excluding carboxylic acids is 2. The van der Waals surface area contributed by atoms with Gasteiger partial charge in [0.25, 0.3) is 11.8 Å². The molecule has 0 bridgehead atoms. The number of hydrazine groups is 1. The van der Waals surface area contributed by atoms with Crippen molar-refractivity contribution in [2.24, 2.45) is 0 Å². The molecule has 4 nitrogen and oxygen atoms in total. The zero-order valence-corrected chi connectivity index (χ0v) is 14.2. The van der Waals surface area contributed by atoms with Gasteiger partial charge in [-0.25, -0.2) is 0 Å². The number of benzene rings is 1. The molecular formula is C18H20N2O2S. The second-order valence-corrected chi connectivity index (χ2v) is 7.10. The highest BCUT2D eigenvalue weighted by Gasteiger charge is 2.14. The van der Waals surface area contributed by atoms with E-state index in [1.165, 1.54) is 17.4 Å². The molecule has 2 rings (SSSR count). The third-order valence-corrected chi connectivity index (χ3v) is 4.09. The van der Waals surface area contributed by atoms with Crippen LogP contribution in [-0.2, 0) is 10.2 Å². The molecule has 0 aliphatic carbocycles. The largest absolute Gasteiger partial charge is 0.269 e. The molecule has 1 heterocycles. The highest BCUT2D eigenvalue weighted by Crippen LogP contribution is 2.22. The quantitative estimate of drug-likeness (QED) is 0.669. The topological polar surface area (TPSA) is 58.2 Å². The summed E-state index contributed by atoms with van der Waals surface area (Å²) in [6.07, 6.45) is 3.08. The number of hydrogen-bond acceptors (Lipinski definition) is 3. The van der Waals surface area contributed by atoms with Gasteiger partial charge in [0.1, 0.15) is 0 Å². The van der Waals surface area contributed by atoms with Crippen LogP contribution in [-0.4, -0.2) is 11.8 Å². The summed E-state index contributed by atoms with van der Waals surface area (Å²) in [5, 5.41) is 1.93. The van der Waals surface area contributed by atoms with Crippen molar-refractivity contribution < 1.29 is 9.59 Å². The Morgan fingerprint density at radius 1 is 1.04 bits per heavy atom. The Balaban J connectivity index is 1.88. The third kappa shape index (κ3) is 5.07. The van der Waals surface area contributed by atoms with E-state index in [4.69, 9.17) is 0 Å². The van der Waals surface area contributed by atoms with Crippen molar-refractivity contribution in [3.63, 3.8) is 0 Å². The maximum Gasteiger partial charge on any atom is 0.269 e. The van der Waals surface area contributed by atoms with Gasteiger partial charge in [0.15, 0.2) is 0 Å². The third-order valence-electron chi connectivity index (χ3n) is 3.25. The SMILES string of the molecule is CC(C)(C)c1ccc(C(=O)NNC(=O)/C=C/c2cccs2)cc1. The summed E-state index contributed by atoms with van der Waals surface area (Å²) in [5.74, 6) is -0.721. The number of hydrogen-bond donors (Lipinski definition) is 2. The molecule has 2 N–H and O–H groups in total. The molecule has 0 unspecified atom stereocenters. The van der Waals surface area contributed by atoms with E-state index in [1.807, 2.05) is 29.6 Å². The zero-order valence-electron chi connectivity index (χ0n) is 13.4. The summed E-state index contributed by atoms with van der Waals surface area (Å²) >= 11 is 1.54. The smallest absolute Gasteiger partial charge is 0.268 e. The maximum absolute atomic E-state index is 12.0. The number of amides is 2. The lowest BCUT2D eigenvalue weighted by atomic mass is 9.87. The summed E-state index contributed by atoms with van der Waals surface area (Å²) in [6, 6.07) is 11.2. The van der Waals surface area contributed by atoms with Gasteiger partial charge in [-0.3, -0.25) is 20.4 Å². The summed E-state index contributed by atoms with van der Waals surface area (Å²) < 4.78 is 0. The molecule has 0 saturated heterocycles. The fraction of sp³-hybridized carbons (Fsp3) is 0.222.